The molecule has 0 aromatic heterocycles. The fraction of sp³-hybridized carbons (Fsp3) is 0.833. The summed E-state index contributed by atoms with van der Waals surface area (Å²) in [6.45, 7) is 4.24. The van der Waals surface area contributed by atoms with Crippen molar-refractivity contribution >= 4 is 11.8 Å². The molecule has 4 nitrogen and oxygen atoms in total. The maximum absolute atomic E-state index is 11.9. The maximum Gasteiger partial charge on any atom is 0.233 e. The number of hydrogen-bond acceptors (Lipinski definition) is 3. The molecule has 0 aliphatic carbocycles. The number of fused-ring (bicyclic) bond motifs is 5. The van der Waals surface area contributed by atoms with Crippen LogP contribution in [0.15, 0.2) is 0 Å². The quantitative estimate of drug-likeness (QED) is 0.706. The Hall–Kier alpha value is -0.900. The van der Waals surface area contributed by atoms with Gasteiger partial charge < -0.3 is 4.74 Å². The highest BCUT2D eigenvalue weighted by Crippen LogP contribution is 2.57. The third kappa shape index (κ3) is 0.986. The second-order valence-electron chi connectivity index (χ2n) is 5.32. The molecule has 0 radical (unpaired) electrons. The standard InChI is InChI=1S/C12H17NO3/c1-3-6(2)12-5-4-7(16-12)8-9(12)11(15)13-10(8)14/h6-9H,3-5H2,1-2H3,(H,13,14,15). The highest BCUT2D eigenvalue weighted by Gasteiger charge is 2.68. The molecule has 0 spiro atoms. The fourth-order valence-corrected chi connectivity index (χ4v) is 3.77. The third-order valence-electron chi connectivity index (χ3n) is 4.75. The molecule has 1 N–H and O–H groups in total. The molecule has 0 saturated carbocycles. The maximum atomic E-state index is 11.9. The van der Waals surface area contributed by atoms with E-state index in [0.717, 1.165) is 19.3 Å². The molecule has 2 amide bonds. The minimum absolute atomic E-state index is 0.0227. The van der Waals surface area contributed by atoms with Gasteiger partial charge in [-0.25, -0.2) is 0 Å². The van der Waals surface area contributed by atoms with Crippen LogP contribution < -0.4 is 5.32 Å². The van der Waals surface area contributed by atoms with Gasteiger partial charge in [0.15, 0.2) is 0 Å². The molecule has 0 aromatic carbocycles. The van der Waals surface area contributed by atoms with Gasteiger partial charge in [0.1, 0.15) is 0 Å². The Labute approximate surface area is 94.7 Å². The van der Waals surface area contributed by atoms with Crippen LogP contribution in [-0.2, 0) is 14.3 Å². The molecule has 3 fully saturated rings. The van der Waals surface area contributed by atoms with E-state index in [1.807, 2.05) is 0 Å². The van der Waals surface area contributed by atoms with Gasteiger partial charge in [-0.2, -0.15) is 0 Å². The van der Waals surface area contributed by atoms with Crippen molar-refractivity contribution in [3.05, 3.63) is 0 Å². The molecule has 5 unspecified atom stereocenters. The SMILES string of the molecule is CCC(C)C12CCC(O1)C1C(=O)NC(=O)C12. The second kappa shape index (κ2) is 3.06. The summed E-state index contributed by atoms with van der Waals surface area (Å²) in [6, 6.07) is 0. The Morgan fingerprint density at radius 2 is 2.25 bits per heavy atom. The number of hydrogen-bond donors (Lipinski definition) is 1. The van der Waals surface area contributed by atoms with Gasteiger partial charge >= 0.3 is 0 Å². The van der Waals surface area contributed by atoms with Gasteiger partial charge in [0.25, 0.3) is 0 Å². The normalized spacial score (nSPS) is 47.0. The van der Waals surface area contributed by atoms with Crippen molar-refractivity contribution in [1.29, 1.82) is 0 Å². The summed E-state index contributed by atoms with van der Waals surface area (Å²) in [4.78, 5) is 23.6. The van der Waals surface area contributed by atoms with Crippen molar-refractivity contribution in [3.63, 3.8) is 0 Å². The third-order valence-corrected chi connectivity index (χ3v) is 4.75. The van der Waals surface area contributed by atoms with Crippen LogP contribution in [0.3, 0.4) is 0 Å². The van der Waals surface area contributed by atoms with Crippen LogP contribution >= 0.6 is 0 Å². The van der Waals surface area contributed by atoms with Crippen molar-refractivity contribution < 1.29 is 14.3 Å². The Bertz CT molecular complexity index is 367. The number of carbonyl (C=O) groups excluding carboxylic acids is 2. The average molecular weight is 223 g/mol. The molecule has 3 heterocycles. The molecule has 3 rings (SSSR count). The van der Waals surface area contributed by atoms with E-state index in [-0.39, 0.29) is 35.4 Å². The molecule has 2 bridgehead atoms. The Morgan fingerprint density at radius 1 is 1.50 bits per heavy atom. The van der Waals surface area contributed by atoms with E-state index in [1.165, 1.54) is 0 Å². The lowest BCUT2D eigenvalue weighted by molar-refractivity contribution is -0.133. The average Bonchev–Trinajstić information content (AvgIpc) is 2.90. The zero-order chi connectivity index (χ0) is 11.5. The molecular formula is C12H17NO3. The van der Waals surface area contributed by atoms with Gasteiger partial charge in [0.05, 0.1) is 23.5 Å². The highest BCUT2D eigenvalue weighted by atomic mass is 16.5. The lowest BCUT2D eigenvalue weighted by atomic mass is 9.67. The van der Waals surface area contributed by atoms with Crippen LogP contribution in [0.1, 0.15) is 33.1 Å². The molecule has 4 heteroatoms. The minimum Gasteiger partial charge on any atom is -0.370 e. The van der Waals surface area contributed by atoms with Crippen molar-refractivity contribution in [2.75, 3.05) is 0 Å². The number of ether oxygens (including phenoxy) is 1. The predicted octanol–water partition coefficient (Wildman–Crippen LogP) is 0.853. The number of carbonyl (C=O) groups is 2. The first-order valence-corrected chi connectivity index (χ1v) is 6.12. The van der Waals surface area contributed by atoms with Gasteiger partial charge in [-0.3, -0.25) is 14.9 Å². The van der Waals surface area contributed by atoms with Crippen molar-refractivity contribution in [2.45, 2.75) is 44.8 Å². The predicted molar refractivity (Wildman–Crippen MR) is 56.4 cm³/mol. The zero-order valence-corrected chi connectivity index (χ0v) is 9.66. The number of nitrogens with one attached hydrogen (secondary N) is 1. The summed E-state index contributed by atoms with van der Waals surface area (Å²) >= 11 is 0. The summed E-state index contributed by atoms with van der Waals surface area (Å²) in [6.07, 6.45) is 2.81. The largest absolute Gasteiger partial charge is 0.370 e. The van der Waals surface area contributed by atoms with Crippen LogP contribution in [0.25, 0.3) is 0 Å². The zero-order valence-electron chi connectivity index (χ0n) is 9.66. The monoisotopic (exact) mass is 223 g/mol. The van der Waals surface area contributed by atoms with E-state index in [9.17, 15) is 9.59 Å². The van der Waals surface area contributed by atoms with Crippen LogP contribution in [0, 0.1) is 17.8 Å². The molecule has 88 valence electrons. The van der Waals surface area contributed by atoms with Crippen LogP contribution in [0.5, 0.6) is 0 Å². The van der Waals surface area contributed by atoms with Crippen LogP contribution in [0.2, 0.25) is 0 Å². The van der Waals surface area contributed by atoms with E-state index in [4.69, 9.17) is 4.74 Å². The van der Waals surface area contributed by atoms with Gasteiger partial charge in [-0.15, -0.1) is 0 Å². The molecular weight excluding hydrogens is 206 g/mol. The van der Waals surface area contributed by atoms with E-state index in [2.05, 4.69) is 19.2 Å². The first-order valence-electron chi connectivity index (χ1n) is 6.12. The lowest BCUT2D eigenvalue weighted by Gasteiger charge is -2.35. The summed E-state index contributed by atoms with van der Waals surface area (Å²) in [5, 5.41) is 2.47. The number of imide groups is 1. The summed E-state index contributed by atoms with van der Waals surface area (Å²) in [5.74, 6) is -0.338. The van der Waals surface area contributed by atoms with Gasteiger partial charge in [0.2, 0.25) is 11.8 Å². The molecule has 3 aliphatic heterocycles. The topological polar surface area (TPSA) is 55.4 Å². The van der Waals surface area contributed by atoms with E-state index >= 15 is 0 Å². The molecule has 5 atom stereocenters. The Kier molecular flexibility index (Phi) is 1.97. The highest BCUT2D eigenvalue weighted by molar-refractivity contribution is 6.06. The lowest BCUT2D eigenvalue weighted by Crippen LogP contribution is -2.45. The molecule has 3 aliphatic rings. The Morgan fingerprint density at radius 3 is 2.94 bits per heavy atom. The fourth-order valence-electron chi connectivity index (χ4n) is 3.77. The first kappa shape index (κ1) is 10.3. The second-order valence-corrected chi connectivity index (χ2v) is 5.32. The van der Waals surface area contributed by atoms with Crippen LogP contribution in [-0.4, -0.2) is 23.5 Å². The number of rotatable bonds is 2. The smallest absolute Gasteiger partial charge is 0.233 e. The molecule has 3 saturated heterocycles. The molecule has 16 heavy (non-hydrogen) atoms. The van der Waals surface area contributed by atoms with Crippen molar-refractivity contribution in [3.8, 4) is 0 Å². The van der Waals surface area contributed by atoms with Gasteiger partial charge in [-0.1, -0.05) is 20.3 Å². The van der Waals surface area contributed by atoms with Crippen molar-refractivity contribution in [2.24, 2.45) is 17.8 Å². The Balaban J connectivity index is 2.02. The van der Waals surface area contributed by atoms with Gasteiger partial charge in [0, 0.05) is 0 Å². The van der Waals surface area contributed by atoms with Gasteiger partial charge in [-0.05, 0) is 18.8 Å². The summed E-state index contributed by atoms with van der Waals surface area (Å²) in [7, 11) is 0. The van der Waals surface area contributed by atoms with Crippen molar-refractivity contribution in [1.82, 2.24) is 5.32 Å². The first-order chi connectivity index (χ1) is 7.60. The van der Waals surface area contributed by atoms with E-state index in [1.54, 1.807) is 0 Å². The minimum atomic E-state index is -0.361. The van der Waals surface area contributed by atoms with Crippen LogP contribution in [0.4, 0.5) is 0 Å². The van der Waals surface area contributed by atoms with E-state index < -0.39 is 0 Å². The number of amides is 2. The summed E-state index contributed by atoms with van der Waals surface area (Å²) in [5.41, 5.74) is -0.361. The molecule has 0 aromatic rings. The summed E-state index contributed by atoms with van der Waals surface area (Å²) < 4.78 is 6.04. The van der Waals surface area contributed by atoms with E-state index in [0.29, 0.717) is 5.92 Å².